The summed E-state index contributed by atoms with van der Waals surface area (Å²) < 4.78 is 23.1. The molecule has 0 amide bonds. The van der Waals surface area contributed by atoms with Gasteiger partial charge in [-0.05, 0) is 48.6 Å². The summed E-state index contributed by atoms with van der Waals surface area (Å²) in [6.07, 6.45) is 6.00. The quantitative estimate of drug-likeness (QED) is 0.615. The normalized spacial score (nSPS) is 11.9. The maximum atomic E-state index is 10.4. The fraction of sp³-hybridized carbons (Fsp3) is 0.250. The molecule has 0 aliphatic carbocycles. The lowest BCUT2D eigenvalue weighted by Crippen LogP contribution is -2.17. The Balaban J connectivity index is 2.01. The SMILES string of the molecule is N#Cc1ccc(-c2cncc(CCCCNS(=O)[O-])c2)cc1Cl. The molecule has 5 nitrogen and oxygen atoms in total. The molecule has 0 saturated heterocycles. The van der Waals surface area contributed by atoms with Crippen LogP contribution in [0.1, 0.15) is 24.0 Å². The first kappa shape index (κ1) is 17.6. The highest BCUT2D eigenvalue weighted by atomic mass is 35.5. The van der Waals surface area contributed by atoms with Crippen molar-refractivity contribution in [3.05, 3.63) is 52.8 Å². The summed E-state index contributed by atoms with van der Waals surface area (Å²) in [4.78, 5) is 4.24. The van der Waals surface area contributed by atoms with Gasteiger partial charge in [0.25, 0.3) is 0 Å². The van der Waals surface area contributed by atoms with Crippen molar-refractivity contribution in [1.82, 2.24) is 9.71 Å². The van der Waals surface area contributed by atoms with Gasteiger partial charge in [-0.2, -0.15) is 5.26 Å². The largest absolute Gasteiger partial charge is 0.760 e. The number of aromatic nitrogens is 1. The minimum atomic E-state index is -2.20. The van der Waals surface area contributed by atoms with E-state index in [1.807, 2.05) is 18.2 Å². The zero-order valence-corrected chi connectivity index (χ0v) is 13.9. The molecule has 0 radical (unpaired) electrons. The molecule has 2 rings (SSSR count). The van der Waals surface area contributed by atoms with Crippen molar-refractivity contribution in [3.8, 4) is 17.2 Å². The smallest absolute Gasteiger partial charge is 0.101 e. The van der Waals surface area contributed by atoms with Crippen molar-refractivity contribution >= 4 is 22.9 Å². The van der Waals surface area contributed by atoms with Crippen molar-refractivity contribution in [3.63, 3.8) is 0 Å². The number of hydrogen-bond donors (Lipinski definition) is 1. The van der Waals surface area contributed by atoms with E-state index in [2.05, 4.69) is 9.71 Å². The summed E-state index contributed by atoms with van der Waals surface area (Å²) in [5, 5.41) is 9.33. The Morgan fingerprint density at radius 1 is 1.26 bits per heavy atom. The molecule has 2 aromatic rings. The first-order valence-electron chi connectivity index (χ1n) is 7.07. The molecule has 1 aromatic heterocycles. The molecule has 1 aromatic carbocycles. The van der Waals surface area contributed by atoms with Gasteiger partial charge in [0.1, 0.15) is 6.07 Å². The van der Waals surface area contributed by atoms with E-state index in [1.54, 1.807) is 24.5 Å². The van der Waals surface area contributed by atoms with Gasteiger partial charge in [0.15, 0.2) is 0 Å². The van der Waals surface area contributed by atoms with Crippen molar-refractivity contribution < 1.29 is 8.76 Å². The number of unbranched alkanes of at least 4 members (excludes halogenated alkanes) is 1. The Bertz CT molecular complexity index is 746. The van der Waals surface area contributed by atoms with Crippen molar-refractivity contribution in [2.75, 3.05) is 6.54 Å². The third-order valence-corrected chi connectivity index (χ3v) is 4.08. The summed E-state index contributed by atoms with van der Waals surface area (Å²) in [6.45, 7) is 0.439. The van der Waals surface area contributed by atoms with Gasteiger partial charge in [-0.15, -0.1) is 0 Å². The molecule has 0 aliphatic rings. The molecule has 1 unspecified atom stereocenters. The van der Waals surface area contributed by atoms with E-state index in [-0.39, 0.29) is 0 Å². The third kappa shape index (κ3) is 5.41. The van der Waals surface area contributed by atoms with E-state index in [4.69, 9.17) is 16.9 Å². The van der Waals surface area contributed by atoms with Crippen LogP contribution >= 0.6 is 11.6 Å². The van der Waals surface area contributed by atoms with Crippen LogP contribution in [0, 0.1) is 11.3 Å². The Morgan fingerprint density at radius 2 is 2.09 bits per heavy atom. The molecule has 23 heavy (non-hydrogen) atoms. The second-order valence-electron chi connectivity index (χ2n) is 4.97. The Hall–Kier alpha value is -1.78. The standard InChI is InChI=1S/C16H16ClN3O2S/c17-16-8-13(4-5-14(16)9-18)15-7-12(10-19-11-15)3-1-2-6-20-23(21)22/h4-5,7-8,10-11,20H,1-3,6H2,(H,21,22)/p-1. The van der Waals surface area contributed by atoms with Crippen LogP contribution in [0.15, 0.2) is 36.7 Å². The maximum absolute atomic E-state index is 10.4. The van der Waals surface area contributed by atoms with Gasteiger partial charge < -0.3 is 4.55 Å². The fourth-order valence-corrected chi connectivity index (χ4v) is 2.71. The Morgan fingerprint density at radius 3 is 2.78 bits per heavy atom. The number of nitrogens with one attached hydrogen (secondary N) is 1. The molecule has 0 saturated carbocycles. The van der Waals surface area contributed by atoms with Crippen molar-refractivity contribution in [2.45, 2.75) is 19.3 Å². The number of nitrogens with zero attached hydrogens (tertiary/aromatic N) is 2. The van der Waals surface area contributed by atoms with Gasteiger partial charge in [-0.1, -0.05) is 17.7 Å². The summed E-state index contributed by atoms with van der Waals surface area (Å²) in [7, 11) is 0. The topological polar surface area (TPSA) is 88.8 Å². The highest BCUT2D eigenvalue weighted by Crippen LogP contribution is 2.25. The van der Waals surface area contributed by atoms with Crippen LogP contribution in [-0.4, -0.2) is 20.3 Å². The van der Waals surface area contributed by atoms with Crippen LogP contribution < -0.4 is 4.72 Å². The number of rotatable bonds is 7. The number of pyridine rings is 1. The predicted molar refractivity (Wildman–Crippen MR) is 89.3 cm³/mol. The second-order valence-corrected chi connectivity index (χ2v) is 6.14. The lowest BCUT2D eigenvalue weighted by molar-refractivity contribution is 0.520. The molecular formula is C16H15ClN3O2S-. The molecule has 7 heteroatoms. The van der Waals surface area contributed by atoms with Crippen LogP contribution in [0.2, 0.25) is 5.02 Å². The van der Waals surface area contributed by atoms with Crippen LogP contribution in [0.3, 0.4) is 0 Å². The van der Waals surface area contributed by atoms with Gasteiger partial charge in [-0.3, -0.25) is 9.19 Å². The van der Waals surface area contributed by atoms with Gasteiger partial charge in [0.2, 0.25) is 0 Å². The fourth-order valence-electron chi connectivity index (χ4n) is 2.18. The highest BCUT2D eigenvalue weighted by molar-refractivity contribution is 7.77. The summed E-state index contributed by atoms with van der Waals surface area (Å²) in [5.41, 5.74) is 3.37. The summed E-state index contributed by atoms with van der Waals surface area (Å²) in [5.74, 6) is 0. The van der Waals surface area contributed by atoms with E-state index in [1.165, 1.54) is 0 Å². The van der Waals surface area contributed by atoms with E-state index < -0.39 is 11.3 Å². The lowest BCUT2D eigenvalue weighted by Gasteiger charge is -2.08. The van der Waals surface area contributed by atoms with Crippen LogP contribution in [0.5, 0.6) is 0 Å². The molecule has 0 aliphatic heterocycles. The first-order valence-corrected chi connectivity index (χ1v) is 8.52. The first-order chi connectivity index (χ1) is 11.1. The Kier molecular flexibility index (Phi) is 6.68. The number of hydrogen-bond acceptors (Lipinski definition) is 4. The number of aryl methyl sites for hydroxylation is 1. The van der Waals surface area contributed by atoms with Gasteiger partial charge >= 0.3 is 0 Å². The van der Waals surface area contributed by atoms with Gasteiger partial charge in [0.05, 0.1) is 10.6 Å². The minimum Gasteiger partial charge on any atom is -0.760 e. The minimum absolute atomic E-state index is 0.423. The van der Waals surface area contributed by atoms with Crippen LogP contribution in [-0.2, 0) is 17.7 Å². The summed E-state index contributed by atoms with van der Waals surface area (Å²) in [6, 6.07) is 9.37. The molecule has 1 heterocycles. The monoisotopic (exact) mass is 348 g/mol. The Labute approximate surface area is 142 Å². The lowest BCUT2D eigenvalue weighted by atomic mass is 10.0. The molecule has 1 atom stereocenters. The molecule has 0 fully saturated rings. The zero-order valence-electron chi connectivity index (χ0n) is 12.3. The highest BCUT2D eigenvalue weighted by Gasteiger charge is 2.05. The zero-order chi connectivity index (χ0) is 16.7. The average Bonchev–Trinajstić information content (AvgIpc) is 2.54. The molecule has 120 valence electrons. The van der Waals surface area contributed by atoms with Crippen LogP contribution in [0.4, 0.5) is 0 Å². The number of benzene rings is 1. The summed E-state index contributed by atoms with van der Waals surface area (Å²) >= 11 is 3.87. The number of nitriles is 1. The van der Waals surface area contributed by atoms with Crippen LogP contribution in [0.25, 0.3) is 11.1 Å². The van der Waals surface area contributed by atoms with E-state index in [9.17, 15) is 8.76 Å². The van der Waals surface area contributed by atoms with E-state index in [0.717, 1.165) is 36.0 Å². The average molecular weight is 349 g/mol. The van der Waals surface area contributed by atoms with Crippen molar-refractivity contribution in [1.29, 1.82) is 5.26 Å². The molecule has 0 bridgehead atoms. The van der Waals surface area contributed by atoms with E-state index >= 15 is 0 Å². The molecule has 0 spiro atoms. The van der Waals surface area contributed by atoms with Crippen molar-refractivity contribution in [2.24, 2.45) is 0 Å². The third-order valence-electron chi connectivity index (χ3n) is 3.33. The maximum Gasteiger partial charge on any atom is 0.101 e. The second kappa shape index (κ2) is 8.75. The molecule has 1 N–H and O–H groups in total. The van der Waals surface area contributed by atoms with E-state index in [0.29, 0.717) is 17.1 Å². The predicted octanol–water partition coefficient (Wildman–Crippen LogP) is 2.98. The number of halogens is 1. The van der Waals surface area contributed by atoms with Gasteiger partial charge in [0, 0.05) is 35.8 Å². The molecular weight excluding hydrogens is 334 g/mol. The van der Waals surface area contributed by atoms with Gasteiger partial charge in [-0.25, -0.2) is 4.72 Å².